The van der Waals surface area contributed by atoms with Crippen molar-refractivity contribution in [3.8, 4) is 44.5 Å². The van der Waals surface area contributed by atoms with Gasteiger partial charge in [-0.3, -0.25) is 0 Å². The van der Waals surface area contributed by atoms with Crippen molar-refractivity contribution in [3.05, 3.63) is 212 Å². The van der Waals surface area contributed by atoms with Gasteiger partial charge in [-0.15, -0.1) is 0 Å². The Balaban J connectivity index is 1.20. The van der Waals surface area contributed by atoms with Gasteiger partial charge in [-0.2, -0.15) is 0 Å². The number of nitrogens with zero attached hydrogens (tertiary/aromatic N) is 1. The summed E-state index contributed by atoms with van der Waals surface area (Å²) in [6, 6.07) is 75.1. The van der Waals surface area contributed by atoms with Crippen molar-refractivity contribution in [3.63, 3.8) is 0 Å². The average molecular weight is 730 g/mol. The number of furan rings is 2. The van der Waals surface area contributed by atoms with E-state index in [-0.39, 0.29) is 0 Å². The lowest BCUT2D eigenvalue weighted by molar-refractivity contribution is 0.669. The lowest BCUT2D eigenvalue weighted by Crippen LogP contribution is -2.11. The van der Waals surface area contributed by atoms with Crippen molar-refractivity contribution >= 4 is 60.9 Å². The lowest BCUT2D eigenvalue weighted by Gasteiger charge is -2.28. The first-order valence-electron chi connectivity index (χ1n) is 19.3. The third-order valence-electron chi connectivity index (χ3n) is 11.0. The Hall–Kier alpha value is -7.62. The fourth-order valence-corrected chi connectivity index (χ4v) is 8.32. The second-order valence-corrected chi connectivity index (χ2v) is 14.5. The molecule has 0 bridgehead atoms. The van der Waals surface area contributed by atoms with Crippen LogP contribution in [0.4, 0.5) is 17.1 Å². The molecule has 0 aliphatic heterocycles. The van der Waals surface area contributed by atoms with Crippen LogP contribution in [-0.4, -0.2) is 0 Å². The number of fused-ring (bicyclic) bond motifs is 6. The largest absolute Gasteiger partial charge is 0.456 e. The van der Waals surface area contributed by atoms with Crippen LogP contribution in [0.15, 0.2) is 221 Å². The lowest BCUT2D eigenvalue weighted by atomic mass is 9.96. The molecule has 0 radical (unpaired) electrons. The smallest absolute Gasteiger partial charge is 0.145 e. The second-order valence-electron chi connectivity index (χ2n) is 14.5. The molecule has 3 heteroatoms. The molecule has 0 N–H and O–H groups in total. The van der Waals surface area contributed by atoms with Gasteiger partial charge in [0, 0.05) is 33.1 Å². The van der Waals surface area contributed by atoms with E-state index < -0.39 is 0 Å². The molecule has 2 heterocycles. The standard InChI is InChI=1S/C54H35NO2/c1-5-15-36(16-6-1)40-25-27-46-48-35-43(26-30-51(48)56-52(46)34-40)55(44-32-41(37-17-7-2-8-18-37)31-42(33-44)38-19-9-3-10-20-38)49-29-28-45(39-21-11-4-12-22-39)54-53(49)47-23-13-14-24-50(47)57-54/h1-35H. The molecule has 0 unspecified atom stereocenters. The van der Waals surface area contributed by atoms with Gasteiger partial charge in [0.25, 0.3) is 0 Å². The predicted molar refractivity (Wildman–Crippen MR) is 237 cm³/mol. The third-order valence-corrected chi connectivity index (χ3v) is 11.0. The molecule has 0 fully saturated rings. The minimum absolute atomic E-state index is 0.847. The number of rotatable bonds is 7. The quantitative estimate of drug-likeness (QED) is 0.164. The summed E-state index contributed by atoms with van der Waals surface area (Å²) in [6.45, 7) is 0. The minimum Gasteiger partial charge on any atom is -0.456 e. The zero-order valence-electron chi connectivity index (χ0n) is 31.0. The third kappa shape index (κ3) is 5.76. The number of benzene rings is 9. The van der Waals surface area contributed by atoms with Crippen LogP contribution in [0.1, 0.15) is 0 Å². The first-order valence-corrected chi connectivity index (χ1v) is 19.3. The first kappa shape index (κ1) is 32.8. The van der Waals surface area contributed by atoms with E-state index in [4.69, 9.17) is 8.83 Å². The Morgan fingerprint density at radius 1 is 0.298 bits per heavy atom. The van der Waals surface area contributed by atoms with Crippen LogP contribution >= 0.6 is 0 Å². The van der Waals surface area contributed by atoms with E-state index in [0.29, 0.717) is 0 Å². The molecular weight excluding hydrogens is 695 g/mol. The van der Waals surface area contributed by atoms with Crippen LogP contribution in [0.3, 0.4) is 0 Å². The van der Waals surface area contributed by atoms with E-state index in [0.717, 1.165) is 105 Å². The number of anilines is 3. The predicted octanol–water partition coefficient (Wildman–Crippen LogP) is 15.6. The summed E-state index contributed by atoms with van der Waals surface area (Å²) in [5.41, 5.74) is 15.5. The summed E-state index contributed by atoms with van der Waals surface area (Å²) in [5.74, 6) is 0. The van der Waals surface area contributed by atoms with Gasteiger partial charge in [-0.25, -0.2) is 0 Å². The molecule has 0 aliphatic carbocycles. The Morgan fingerprint density at radius 2 is 0.877 bits per heavy atom. The Morgan fingerprint density at radius 3 is 1.54 bits per heavy atom. The molecule has 57 heavy (non-hydrogen) atoms. The van der Waals surface area contributed by atoms with Crippen LogP contribution in [0.2, 0.25) is 0 Å². The van der Waals surface area contributed by atoms with E-state index in [1.54, 1.807) is 0 Å². The first-order chi connectivity index (χ1) is 28.2. The zero-order valence-corrected chi connectivity index (χ0v) is 31.0. The number of para-hydroxylation sites is 1. The van der Waals surface area contributed by atoms with Crippen molar-refractivity contribution in [1.29, 1.82) is 0 Å². The molecule has 0 saturated heterocycles. The van der Waals surface area contributed by atoms with Crippen molar-refractivity contribution in [2.45, 2.75) is 0 Å². The summed E-state index contributed by atoms with van der Waals surface area (Å²) < 4.78 is 13.4. The van der Waals surface area contributed by atoms with Gasteiger partial charge >= 0.3 is 0 Å². The molecule has 0 aliphatic rings. The molecule has 11 aromatic rings. The molecular formula is C54H35NO2. The fraction of sp³-hybridized carbons (Fsp3) is 0. The molecule has 0 atom stereocenters. The Bertz CT molecular complexity index is 3160. The van der Waals surface area contributed by atoms with Crippen molar-refractivity contribution in [2.24, 2.45) is 0 Å². The molecule has 9 aromatic carbocycles. The number of hydrogen-bond donors (Lipinski definition) is 0. The summed E-state index contributed by atoms with van der Waals surface area (Å²) in [7, 11) is 0. The molecule has 268 valence electrons. The highest BCUT2D eigenvalue weighted by Crippen LogP contribution is 2.48. The Labute approximate surface area is 330 Å². The van der Waals surface area contributed by atoms with E-state index in [9.17, 15) is 0 Å². The summed E-state index contributed by atoms with van der Waals surface area (Å²) in [4.78, 5) is 2.40. The summed E-state index contributed by atoms with van der Waals surface area (Å²) in [5, 5.41) is 4.26. The van der Waals surface area contributed by atoms with E-state index in [1.165, 1.54) is 0 Å². The highest BCUT2D eigenvalue weighted by atomic mass is 16.3. The van der Waals surface area contributed by atoms with Gasteiger partial charge in [0.2, 0.25) is 0 Å². The maximum absolute atomic E-state index is 6.81. The van der Waals surface area contributed by atoms with Crippen LogP contribution in [-0.2, 0) is 0 Å². The highest BCUT2D eigenvalue weighted by molar-refractivity contribution is 6.17. The van der Waals surface area contributed by atoms with Crippen LogP contribution in [0.25, 0.3) is 88.4 Å². The molecule has 11 rings (SSSR count). The van der Waals surface area contributed by atoms with E-state index in [1.807, 2.05) is 12.1 Å². The van der Waals surface area contributed by atoms with Gasteiger partial charge in [-0.1, -0.05) is 146 Å². The fourth-order valence-electron chi connectivity index (χ4n) is 8.32. The van der Waals surface area contributed by atoms with E-state index in [2.05, 4.69) is 205 Å². The van der Waals surface area contributed by atoms with Crippen LogP contribution in [0, 0.1) is 0 Å². The minimum atomic E-state index is 0.847. The van der Waals surface area contributed by atoms with Crippen molar-refractivity contribution in [2.75, 3.05) is 4.90 Å². The number of hydrogen-bond acceptors (Lipinski definition) is 3. The second kappa shape index (κ2) is 13.6. The van der Waals surface area contributed by atoms with Gasteiger partial charge in [0.15, 0.2) is 0 Å². The van der Waals surface area contributed by atoms with Crippen molar-refractivity contribution in [1.82, 2.24) is 0 Å². The van der Waals surface area contributed by atoms with Gasteiger partial charge < -0.3 is 13.7 Å². The van der Waals surface area contributed by atoms with Gasteiger partial charge in [0.1, 0.15) is 22.3 Å². The molecule has 0 amide bonds. The summed E-state index contributed by atoms with van der Waals surface area (Å²) >= 11 is 0. The van der Waals surface area contributed by atoms with E-state index >= 15 is 0 Å². The average Bonchev–Trinajstić information content (AvgIpc) is 3.86. The van der Waals surface area contributed by atoms with Gasteiger partial charge in [-0.05, 0) is 106 Å². The topological polar surface area (TPSA) is 29.5 Å². The molecule has 2 aromatic heterocycles. The highest BCUT2D eigenvalue weighted by Gasteiger charge is 2.24. The molecule has 3 nitrogen and oxygen atoms in total. The van der Waals surface area contributed by atoms with Gasteiger partial charge in [0.05, 0.1) is 11.1 Å². The maximum Gasteiger partial charge on any atom is 0.145 e. The SMILES string of the molecule is c1ccc(-c2cc(-c3ccccc3)cc(N(c3ccc4oc5cc(-c6ccccc6)ccc5c4c3)c3ccc(-c4ccccc4)c4oc5ccccc5c34)c2)cc1. The van der Waals surface area contributed by atoms with Crippen LogP contribution in [0.5, 0.6) is 0 Å². The maximum atomic E-state index is 6.81. The monoisotopic (exact) mass is 729 g/mol. The van der Waals surface area contributed by atoms with Crippen molar-refractivity contribution < 1.29 is 8.83 Å². The van der Waals surface area contributed by atoms with Crippen LogP contribution < -0.4 is 4.90 Å². The Kier molecular flexibility index (Phi) is 7.82. The summed E-state index contributed by atoms with van der Waals surface area (Å²) in [6.07, 6.45) is 0. The molecule has 0 saturated carbocycles. The molecule has 0 spiro atoms. The zero-order chi connectivity index (χ0) is 37.7. The normalized spacial score (nSPS) is 11.5.